The average molecular weight is 307 g/mol. The van der Waals surface area contributed by atoms with Crippen molar-refractivity contribution >= 4 is 20.8 Å². The summed E-state index contributed by atoms with van der Waals surface area (Å²) in [6.07, 6.45) is 3.33. The third-order valence-corrected chi connectivity index (χ3v) is 4.19. The van der Waals surface area contributed by atoms with Crippen molar-refractivity contribution in [2.24, 2.45) is 5.14 Å². The fourth-order valence-corrected chi connectivity index (χ4v) is 2.87. The van der Waals surface area contributed by atoms with Gasteiger partial charge in [0.05, 0.1) is 12.4 Å². The molecule has 0 amide bonds. The van der Waals surface area contributed by atoms with Gasteiger partial charge in [-0.3, -0.25) is 0 Å². The van der Waals surface area contributed by atoms with Gasteiger partial charge in [0, 0.05) is 5.39 Å². The van der Waals surface area contributed by atoms with Gasteiger partial charge in [-0.1, -0.05) is 49.2 Å². The summed E-state index contributed by atoms with van der Waals surface area (Å²) >= 11 is 0. The van der Waals surface area contributed by atoms with Crippen LogP contribution in [0.15, 0.2) is 42.5 Å². The molecular weight excluding hydrogens is 286 g/mol. The molecule has 0 atom stereocenters. The van der Waals surface area contributed by atoms with Crippen molar-refractivity contribution in [1.29, 1.82) is 0 Å². The molecule has 0 unspecified atom stereocenters. The van der Waals surface area contributed by atoms with Crippen LogP contribution in [0.1, 0.15) is 25.7 Å². The molecule has 0 aliphatic carbocycles. The SMILES string of the molecule is NS(=O)(=O)CCCCCCOc1cccc2ccccc12. The Kier molecular flexibility index (Phi) is 5.59. The van der Waals surface area contributed by atoms with E-state index >= 15 is 0 Å². The van der Waals surface area contributed by atoms with Gasteiger partial charge in [0.1, 0.15) is 5.75 Å². The van der Waals surface area contributed by atoms with Gasteiger partial charge in [0.15, 0.2) is 0 Å². The number of fused-ring (bicyclic) bond motifs is 1. The van der Waals surface area contributed by atoms with Crippen LogP contribution in [-0.4, -0.2) is 20.8 Å². The zero-order chi connectivity index (χ0) is 15.1. The number of nitrogens with two attached hydrogens (primary N) is 1. The van der Waals surface area contributed by atoms with Crippen molar-refractivity contribution < 1.29 is 13.2 Å². The second-order valence-corrected chi connectivity index (χ2v) is 6.84. The van der Waals surface area contributed by atoms with Crippen LogP contribution in [0.25, 0.3) is 10.8 Å². The highest BCUT2D eigenvalue weighted by Gasteiger charge is 2.03. The van der Waals surface area contributed by atoms with Gasteiger partial charge < -0.3 is 4.74 Å². The van der Waals surface area contributed by atoms with Gasteiger partial charge in [0.25, 0.3) is 0 Å². The van der Waals surface area contributed by atoms with Gasteiger partial charge in [0.2, 0.25) is 10.0 Å². The highest BCUT2D eigenvalue weighted by molar-refractivity contribution is 7.89. The van der Waals surface area contributed by atoms with Crippen LogP contribution in [0, 0.1) is 0 Å². The number of unbranched alkanes of at least 4 members (excludes halogenated alkanes) is 3. The Morgan fingerprint density at radius 1 is 0.905 bits per heavy atom. The molecule has 2 aromatic rings. The topological polar surface area (TPSA) is 69.4 Å². The zero-order valence-electron chi connectivity index (χ0n) is 12.0. The number of primary sulfonamides is 1. The molecule has 4 nitrogen and oxygen atoms in total. The smallest absolute Gasteiger partial charge is 0.209 e. The highest BCUT2D eigenvalue weighted by Crippen LogP contribution is 2.25. The van der Waals surface area contributed by atoms with Gasteiger partial charge in [-0.15, -0.1) is 0 Å². The standard InChI is InChI=1S/C16H21NO3S/c17-21(18,19)13-6-2-1-5-12-20-16-11-7-9-14-8-3-4-10-15(14)16/h3-4,7-11H,1-2,5-6,12-13H2,(H2,17,18,19). The monoisotopic (exact) mass is 307 g/mol. The van der Waals surface area contributed by atoms with Gasteiger partial charge in [-0.25, -0.2) is 13.6 Å². The van der Waals surface area contributed by atoms with E-state index in [2.05, 4.69) is 18.2 Å². The van der Waals surface area contributed by atoms with E-state index in [9.17, 15) is 8.42 Å². The molecule has 2 N–H and O–H groups in total. The lowest BCUT2D eigenvalue weighted by molar-refractivity contribution is 0.308. The summed E-state index contributed by atoms with van der Waals surface area (Å²) in [6, 6.07) is 14.2. The average Bonchev–Trinajstić information content (AvgIpc) is 2.45. The molecule has 0 fully saturated rings. The van der Waals surface area contributed by atoms with Crippen molar-refractivity contribution in [2.45, 2.75) is 25.7 Å². The number of ether oxygens (including phenoxy) is 1. The maximum Gasteiger partial charge on any atom is 0.209 e. The lowest BCUT2D eigenvalue weighted by atomic mass is 10.1. The Hall–Kier alpha value is -1.59. The molecule has 0 saturated heterocycles. The molecule has 0 aliphatic heterocycles. The highest BCUT2D eigenvalue weighted by atomic mass is 32.2. The van der Waals surface area contributed by atoms with E-state index in [1.165, 1.54) is 5.39 Å². The van der Waals surface area contributed by atoms with Crippen LogP contribution in [0.3, 0.4) is 0 Å². The van der Waals surface area contributed by atoms with Crippen molar-refractivity contribution in [3.8, 4) is 5.75 Å². The second-order valence-electron chi connectivity index (χ2n) is 5.11. The number of benzene rings is 2. The van der Waals surface area contributed by atoms with Crippen molar-refractivity contribution in [1.82, 2.24) is 0 Å². The van der Waals surface area contributed by atoms with Gasteiger partial charge >= 0.3 is 0 Å². The lowest BCUT2D eigenvalue weighted by Gasteiger charge is -2.09. The van der Waals surface area contributed by atoms with Crippen molar-refractivity contribution in [3.05, 3.63) is 42.5 Å². The summed E-state index contributed by atoms with van der Waals surface area (Å²) in [6.45, 7) is 0.642. The first-order valence-corrected chi connectivity index (χ1v) is 8.89. The van der Waals surface area contributed by atoms with Crippen LogP contribution < -0.4 is 9.88 Å². The molecule has 0 aromatic heterocycles. The number of rotatable bonds is 8. The van der Waals surface area contributed by atoms with Crippen molar-refractivity contribution in [2.75, 3.05) is 12.4 Å². The minimum atomic E-state index is -3.32. The number of hydrogen-bond donors (Lipinski definition) is 1. The first-order valence-electron chi connectivity index (χ1n) is 7.17. The Morgan fingerprint density at radius 2 is 1.62 bits per heavy atom. The maximum absolute atomic E-state index is 10.8. The van der Waals surface area contributed by atoms with Crippen LogP contribution in [-0.2, 0) is 10.0 Å². The molecule has 21 heavy (non-hydrogen) atoms. The molecule has 5 heteroatoms. The molecule has 0 spiro atoms. The summed E-state index contributed by atoms with van der Waals surface area (Å²) in [4.78, 5) is 0. The summed E-state index contributed by atoms with van der Waals surface area (Å²) in [7, 11) is -3.32. The second kappa shape index (κ2) is 7.43. The molecule has 0 bridgehead atoms. The number of hydrogen-bond acceptors (Lipinski definition) is 3. The van der Waals surface area contributed by atoms with Crippen LogP contribution in [0.2, 0.25) is 0 Å². The fourth-order valence-electron chi connectivity index (χ4n) is 2.26. The predicted octanol–water partition coefficient (Wildman–Crippen LogP) is 3.07. The first kappa shape index (κ1) is 15.8. The Bertz CT molecular complexity index is 677. The minimum absolute atomic E-state index is 0.0666. The molecule has 2 rings (SSSR count). The predicted molar refractivity (Wildman–Crippen MR) is 85.9 cm³/mol. The van der Waals surface area contributed by atoms with E-state index in [-0.39, 0.29) is 5.75 Å². The Balaban J connectivity index is 1.73. The Labute approximate surface area is 126 Å². The van der Waals surface area contributed by atoms with E-state index in [1.54, 1.807) is 0 Å². The van der Waals surface area contributed by atoms with E-state index in [0.29, 0.717) is 13.0 Å². The number of sulfonamides is 1. The summed E-state index contributed by atoms with van der Waals surface area (Å²) in [5, 5.41) is 7.24. The Morgan fingerprint density at radius 3 is 2.43 bits per heavy atom. The summed E-state index contributed by atoms with van der Waals surface area (Å²) in [5.41, 5.74) is 0. The van der Waals surface area contributed by atoms with Gasteiger partial charge in [-0.2, -0.15) is 0 Å². The quantitative estimate of drug-likeness (QED) is 0.762. The molecule has 114 valence electrons. The first-order chi connectivity index (χ1) is 10.1. The van der Waals surface area contributed by atoms with E-state index in [1.807, 2.05) is 24.3 Å². The van der Waals surface area contributed by atoms with Crippen molar-refractivity contribution in [3.63, 3.8) is 0 Å². The van der Waals surface area contributed by atoms with Crippen LogP contribution >= 0.6 is 0 Å². The summed E-state index contributed by atoms with van der Waals surface area (Å²) in [5.74, 6) is 0.967. The fraction of sp³-hybridized carbons (Fsp3) is 0.375. The molecular formula is C16H21NO3S. The lowest BCUT2D eigenvalue weighted by Crippen LogP contribution is -2.16. The van der Waals surface area contributed by atoms with E-state index in [4.69, 9.17) is 9.88 Å². The summed E-state index contributed by atoms with van der Waals surface area (Å²) < 4.78 is 27.4. The molecule has 0 saturated carbocycles. The molecule has 0 radical (unpaired) electrons. The zero-order valence-corrected chi connectivity index (χ0v) is 12.8. The van der Waals surface area contributed by atoms with Crippen LogP contribution in [0.4, 0.5) is 0 Å². The maximum atomic E-state index is 10.8. The van der Waals surface area contributed by atoms with E-state index in [0.717, 1.165) is 30.4 Å². The van der Waals surface area contributed by atoms with E-state index < -0.39 is 10.0 Å². The minimum Gasteiger partial charge on any atom is -0.493 e. The van der Waals surface area contributed by atoms with Crippen LogP contribution in [0.5, 0.6) is 5.75 Å². The third kappa shape index (κ3) is 5.36. The molecule has 0 aliphatic rings. The molecule has 0 heterocycles. The third-order valence-electron chi connectivity index (χ3n) is 3.33. The normalized spacial score (nSPS) is 11.7. The molecule has 2 aromatic carbocycles. The van der Waals surface area contributed by atoms with Gasteiger partial charge in [-0.05, 0) is 24.3 Å². The largest absolute Gasteiger partial charge is 0.493 e.